The zero-order chi connectivity index (χ0) is 34.1. The molecule has 3 heterocycles. The standard InChI is InChI=1S/C45H27N5O/c46-26-29-23-37(28-47-27-29)34-13-7-14-35(24-34)44-48-43(33-19-17-31(18-20-33)30-9-3-1-4-10-30)49-45(50-44)36-21-22-39-41(25-36)51-40-16-8-15-38(42(39)40)32-11-5-2-6-12-32/h1-25,27-28H. The van der Waals surface area contributed by atoms with Crippen LogP contribution < -0.4 is 0 Å². The Morgan fingerprint density at radius 3 is 1.76 bits per heavy atom. The van der Waals surface area contributed by atoms with Crippen LogP contribution in [0, 0.1) is 11.3 Å². The van der Waals surface area contributed by atoms with Gasteiger partial charge in [0.1, 0.15) is 17.2 Å². The lowest BCUT2D eigenvalue weighted by Crippen LogP contribution is -2.00. The number of nitrogens with zero attached hydrogens (tertiary/aromatic N) is 5. The summed E-state index contributed by atoms with van der Waals surface area (Å²) >= 11 is 0. The number of nitriles is 1. The summed E-state index contributed by atoms with van der Waals surface area (Å²) in [6, 6.07) is 53.2. The number of hydrogen-bond acceptors (Lipinski definition) is 6. The molecule has 0 amide bonds. The van der Waals surface area contributed by atoms with E-state index in [1.54, 1.807) is 12.4 Å². The second-order valence-electron chi connectivity index (χ2n) is 12.3. The Kier molecular flexibility index (Phi) is 7.42. The summed E-state index contributed by atoms with van der Waals surface area (Å²) in [7, 11) is 0. The normalized spacial score (nSPS) is 11.1. The van der Waals surface area contributed by atoms with Gasteiger partial charge in [-0.3, -0.25) is 4.98 Å². The molecular weight excluding hydrogens is 627 g/mol. The summed E-state index contributed by atoms with van der Waals surface area (Å²) in [6.45, 7) is 0. The molecule has 0 radical (unpaired) electrons. The lowest BCUT2D eigenvalue weighted by Gasteiger charge is -2.10. The highest BCUT2D eigenvalue weighted by Crippen LogP contribution is 2.38. The van der Waals surface area contributed by atoms with Crippen LogP contribution in [0.2, 0.25) is 0 Å². The average molecular weight is 654 g/mol. The van der Waals surface area contributed by atoms with Gasteiger partial charge in [-0.15, -0.1) is 0 Å². The van der Waals surface area contributed by atoms with Gasteiger partial charge >= 0.3 is 0 Å². The first-order valence-corrected chi connectivity index (χ1v) is 16.6. The van der Waals surface area contributed by atoms with Crippen molar-refractivity contribution in [1.82, 2.24) is 19.9 Å². The summed E-state index contributed by atoms with van der Waals surface area (Å²) in [4.78, 5) is 19.3. The maximum Gasteiger partial charge on any atom is 0.164 e. The Morgan fingerprint density at radius 1 is 0.431 bits per heavy atom. The smallest absolute Gasteiger partial charge is 0.164 e. The molecule has 9 aromatic rings. The van der Waals surface area contributed by atoms with Crippen molar-refractivity contribution in [1.29, 1.82) is 5.26 Å². The third-order valence-electron chi connectivity index (χ3n) is 9.05. The molecule has 0 spiro atoms. The summed E-state index contributed by atoms with van der Waals surface area (Å²) < 4.78 is 6.45. The molecule has 0 saturated carbocycles. The van der Waals surface area contributed by atoms with Crippen LogP contribution in [0.15, 0.2) is 168 Å². The molecule has 0 N–H and O–H groups in total. The quantitative estimate of drug-likeness (QED) is 0.177. The molecular formula is C45H27N5O. The molecule has 6 nitrogen and oxygen atoms in total. The van der Waals surface area contributed by atoms with Gasteiger partial charge in [0.05, 0.1) is 5.56 Å². The maximum absolute atomic E-state index is 9.45. The molecule has 0 unspecified atom stereocenters. The Morgan fingerprint density at radius 2 is 1.02 bits per heavy atom. The minimum Gasteiger partial charge on any atom is -0.456 e. The molecule has 0 fully saturated rings. The number of benzene rings is 6. The van der Waals surface area contributed by atoms with Crippen LogP contribution >= 0.6 is 0 Å². The summed E-state index contributed by atoms with van der Waals surface area (Å²) in [5.74, 6) is 1.62. The number of pyridine rings is 1. The van der Waals surface area contributed by atoms with Crippen LogP contribution in [-0.4, -0.2) is 19.9 Å². The van der Waals surface area contributed by atoms with Crippen molar-refractivity contribution >= 4 is 21.9 Å². The highest BCUT2D eigenvalue weighted by molar-refractivity contribution is 6.13. The van der Waals surface area contributed by atoms with Gasteiger partial charge in [-0.1, -0.05) is 121 Å². The van der Waals surface area contributed by atoms with Gasteiger partial charge in [-0.05, 0) is 58.1 Å². The number of furan rings is 1. The van der Waals surface area contributed by atoms with Crippen LogP contribution in [0.4, 0.5) is 0 Å². The topological polar surface area (TPSA) is 88.5 Å². The first-order chi connectivity index (χ1) is 25.2. The fourth-order valence-electron chi connectivity index (χ4n) is 6.53. The Labute approximate surface area is 294 Å². The van der Waals surface area contributed by atoms with E-state index >= 15 is 0 Å². The number of rotatable bonds is 6. The summed E-state index contributed by atoms with van der Waals surface area (Å²) in [5.41, 5.74) is 10.8. The third-order valence-corrected chi connectivity index (χ3v) is 9.05. The van der Waals surface area contributed by atoms with E-state index in [4.69, 9.17) is 19.4 Å². The van der Waals surface area contributed by atoms with Crippen LogP contribution in [0.3, 0.4) is 0 Å². The minimum atomic E-state index is 0.499. The van der Waals surface area contributed by atoms with Gasteiger partial charge < -0.3 is 4.42 Å². The van der Waals surface area contributed by atoms with Crippen LogP contribution in [0.5, 0.6) is 0 Å². The highest BCUT2D eigenvalue weighted by Gasteiger charge is 2.17. The van der Waals surface area contributed by atoms with Gasteiger partial charge in [0.25, 0.3) is 0 Å². The SMILES string of the molecule is N#Cc1cncc(-c2cccc(-c3nc(-c4ccc(-c5ccccc5)cc4)nc(-c4ccc5c(c4)oc4cccc(-c6ccccc6)c45)n3)c2)c1. The lowest BCUT2D eigenvalue weighted by atomic mass is 9.99. The summed E-state index contributed by atoms with van der Waals surface area (Å²) in [5, 5.41) is 11.6. The van der Waals surface area contributed by atoms with Crippen LogP contribution in [0.1, 0.15) is 5.56 Å². The number of aromatic nitrogens is 4. The van der Waals surface area contributed by atoms with Crippen molar-refractivity contribution in [2.75, 3.05) is 0 Å². The van der Waals surface area contributed by atoms with E-state index in [2.05, 4.69) is 77.8 Å². The van der Waals surface area contributed by atoms with Crippen LogP contribution in [-0.2, 0) is 0 Å². The van der Waals surface area contributed by atoms with Gasteiger partial charge in [-0.25, -0.2) is 15.0 Å². The van der Waals surface area contributed by atoms with E-state index in [1.807, 2.05) is 84.9 Å². The largest absolute Gasteiger partial charge is 0.456 e. The molecule has 0 atom stereocenters. The molecule has 0 aliphatic rings. The van der Waals surface area contributed by atoms with E-state index < -0.39 is 0 Å². The van der Waals surface area contributed by atoms with Gasteiger partial charge in [0.2, 0.25) is 0 Å². The average Bonchev–Trinajstić information content (AvgIpc) is 3.60. The molecule has 9 rings (SSSR count). The van der Waals surface area contributed by atoms with Crippen molar-refractivity contribution in [3.05, 3.63) is 170 Å². The molecule has 0 bridgehead atoms. The van der Waals surface area contributed by atoms with Crippen molar-refractivity contribution in [3.8, 4) is 73.6 Å². The van der Waals surface area contributed by atoms with Gasteiger partial charge in [0, 0.05) is 45.4 Å². The van der Waals surface area contributed by atoms with E-state index in [9.17, 15) is 5.26 Å². The minimum absolute atomic E-state index is 0.499. The first kappa shape index (κ1) is 29.9. The van der Waals surface area contributed by atoms with E-state index in [-0.39, 0.29) is 0 Å². The molecule has 0 aliphatic heterocycles. The van der Waals surface area contributed by atoms with Gasteiger partial charge in [-0.2, -0.15) is 5.26 Å². The second-order valence-corrected chi connectivity index (χ2v) is 12.3. The fourth-order valence-corrected chi connectivity index (χ4v) is 6.53. The van der Waals surface area contributed by atoms with Crippen molar-refractivity contribution in [3.63, 3.8) is 0 Å². The maximum atomic E-state index is 9.45. The Bertz CT molecular complexity index is 2750. The number of fused-ring (bicyclic) bond motifs is 3. The lowest BCUT2D eigenvalue weighted by molar-refractivity contribution is 0.669. The monoisotopic (exact) mass is 653 g/mol. The molecule has 3 aromatic heterocycles. The Balaban J connectivity index is 1.18. The molecule has 0 saturated heterocycles. The highest BCUT2D eigenvalue weighted by atomic mass is 16.3. The summed E-state index contributed by atoms with van der Waals surface area (Å²) in [6.07, 6.45) is 3.31. The van der Waals surface area contributed by atoms with Crippen LogP contribution in [0.25, 0.3) is 89.5 Å². The third kappa shape index (κ3) is 5.69. The zero-order valence-corrected chi connectivity index (χ0v) is 27.2. The van der Waals surface area contributed by atoms with E-state index in [1.165, 1.54) is 0 Å². The molecule has 6 heteroatoms. The van der Waals surface area contributed by atoms with Crippen molar-refractivity contribution in [2.24, 2.45) is 0 Å². The van der Waals surface area contributed by atoms with Gasteiger partial charge in [0.15, 0.2) is 17.5 Å². The van der Waals surface area contributed by atoms with E-state index in [0.29, 0.717) is 23.0 Å². The van der Waals surface area contributed by atoms with Crippen molar-refractivity contribution in [2.45, 2.75) is 0 Å². The fraction of sp³-hybridized carbons (Fsp3) is 0. The second kappa shape index (κ2) is 12.7. The first-order valence-electron chi connectivity index (χ1n) is 16.6. The predicted octanol–water partition coefficient (Wildman–Crippen LogP) is 11.0. The van der Waals surface area contributed by atoms with Crippen molar-refractivity contribution < 1.29 is 4.42 Å². The molecule has 238 valence electrons. The molecule has 0 aliphatic carbocycles. The zero-order valence-electron chi connectivity index (χ0n) is 27.2. The predicted molar refractivity (Wildman–Crippen MR) is 202 cm³/mol. The number of hydrogen-bond donors (Lipinski definition) is 0. The molecule has 6 aromatic carbocycles. The molecule has 51 heavy (non-hydrogen) atoms. The Hall–Kier alpha value is -7.23. The van der Waals surface area contributed by atoms with E-state index in [0.717, 1.165) is 72.0 Å².